The lowest BCUT2D eigenvalue weighted by atomic mass is 10.0. The number of benzene rings is 2. The van der Waals surface area contributed by atoms with E-state index in [0.29, 0.717) is 54.1 Å². The number of aliphatic hydroxyl groups is 1. The van der Waals surface area contributed by atoms with Gasteiger partial charge < -0.3 is 20.5 Å². The molecule has 0 bridgehead atoms. The fourth-order valence-electron chi connectivity index (χ4n) is 4.11. The minimum Gasteiger partial charge on any atom is -0.390 e. The number of urea groups is 1. The summed E-state index contributed by atoms with van der Waals surface area (Å²) in [5, 5.41) is 17.5. The Morgan fingerprint density at radius 2 is 2.00 bits per heavy atom. The van der Waals surface area contributed by atoms with Crippen molar-refractivity contribution in [1.29, 1.82) is 0 Å². The van der Waals surface area contributed by atoms with Gasteiger partial charge in [0.25, 0.3) is 0 Å². The van der Waals surface area contributed by atoms with Gasteiger partial charge in [0.15, 0.2) is 0 Å². The summed E-state index contributed by atoms with van der Waals surface area (Å²) in [5.41, 5.74) is 2.61. The van der Waals surface area contributed by atoms with E-state index < -0.39 is 18.2 Å². The van der Waals surface area contributed by atoms with E-state index in [4.69, 9.17) is 4.74 Å². The van der Waals surface area contributed by atoms with Gasteiger partial charge in [0.2, 0.25) is 0 Å². The Labute approximate surface area is 186 Å². The lowest BCUT2D eigenvalue weighted by Gasteiger charge is -2.19. The number of fused-ring (bicyclic) bond motifs is 1. The zero-order valence-corrected chi connectivity index (χ0v) is 18.1. The van der Waals surface area contributed by atoms with E-state index in [2.05, 4.69) is 15.6 Å². The Morgan fingerprint density at radius 3 is 2.75 bits per heavy atom. The normalized spacial score (nSPS) is 18.8. The van der Waals surface area contributed by atoms with Gasteiger partial charge in [0, 0.05) is 48.8 Å². The Balaban J connectivity index is 1.63. The third kappa shape index (κ3) is 4.72. The van der Waals surface area contributed by atoms with E-state index in [0.717, 1.165) is 5.56 Å². The molecule has 1 aliphatic rings. The average Bonchev–Trinajstić information content (AvgIpc) is 3.13. The highest BCUT2D eigenvalue weighted by atomic mass is 19.1. The summed E-state index contributed by atoms with van der Waals surface area (Å²) >= 11 is 0. The summed E-state index contributed by atoms with van der Waals surface area (Å²) in [6.45, 7) is 4.06. The zero-order chi connectivity index (χ0) is 22.7. The van der Waals surface area contributed by atoms with Crippen LogP contribution in [0.2, 0.25) is 0 Å². The Morgan fingerprint density at radius 1 is 1.22 bits per heavy atom. The van der Waals surface area contributed by atoms with Gasteiger partial charge in [0.05, 0.1) is 30.1 Å². The number of pyridine rings is 1. The first-order valence-electron chi connectivity index (χ1n) is 10.6. The maximum atomic E-state index is 13.9. The number of likely N-dealkylation sites (tertiary alicyclic amines) is 1. The zero-order valence-electron chi connectivity index (χ0n) is 18.1. The van der Waals surface area contributed by atoms with Crippen molar-refractivity contribution in [2.45, 2.75) is 19.1 Å². The van der Waals surface area contributed by atoms with Crippen molar-refractivity contribution in [3.05, 3.63) is 60.0 Å². The van der Waals surface area contributed by atoms with Crippen LogP contribution in [0, 0.1) is 12.7 Å². The molecule has 0 aliphatic carbocycles. The van der Waals surface area contributed by atoms with Gasteiger partial charge in [-0.25, -0.2) is 9.18 Å². The van der Waals surface area contributed by atoms with Crippen molar-refractivity contribution in [3.8, 4) is 11.3 Å². The molecule has 168 valence electrons. The maximum absolute atomic E-state index is 13.9. The molecule has 2 aromatic carbocycles. The number of halogens is 1. The van der Waals surface area contributed by atoms with E-state index in [-0.39, 0.29) is 5.82 Å². The smallest absolute Gasteiger partial charge is 0.319 e. The first-order chi connectivity index (χ1) is 15.5. The molecule has 1 aliphatic heterocycles. The van der Waals surface area contributed by atoms with E-state index in [1.165, 1.54) is 12.1 Å². The van der Waals surface area contributed by atoms with Crippen molar-refractivity contribution in [2.24, 2.45) is 0 Å². The number of nitrogens with zero attached hydrogens (tertiary/aromatic N) is 2. The highest BCUT2D eigenvalue weighted by molar-refractivity contribution is 6.07. The molecule has 2 unspecified atom stereocenters. The highest BCUT2D eigenvalue weighted by Crippen LogP contribution is 2.35. The lowest BCUT2D eigenvalue weighted by Crippen LogP contribution is -2.45. The van der Waals surface area contributed by atoms with Crippen LogP contribution >= 0.6 is 0 Å². The molecule has 0 spiro atoms. The number of carbonyl (C=O) groups excluding carboxylic acids is 1. The second kappa shape index (κ2) is 9.60. The second-order valence-corrected chi connectivity index (χ2v) is 8.00. The predicted octanol–water partition coefficient (Wildman–Crippen LogP) is 3.16. The quantitative estimate of drug-likeness (QED) is 0.550. The fourth-order valence-corrected chi connectivity index (χ4v) is 4.11. The van der Waals surface area contributed by atoms with Crippen LogP contribution in [0.4, 0.5) is 14.9 Å². The van der Waals surface area contributed by atoms with Gasteiger partial charge in [-0.15, -0.1) is 0 Å². The standard InChI is InChI=1S/C24H27FN4O3/c1-15-19-12-17(25)8-9-18(19)23(22(26-15)16-6-4-3-5-7-16)28-24(31)27-20-13-29(10-11-32-2)14-21(20)30/h3-9,12,20-21,30H,10-11,13-14H2,1-2H3,(H2,27,28,31). The van der Waals surface area contributed by atoms with Gasteiger partial charge in [-0.1, -0.05) is 30.3 Å². The SMILES string of the molecule is COCCN1CC(O)C(NC(=O)Nc2c(-c3ccccc3)nc(C)c3cc(F)ccc23)C1. The van der Waals surface area contributed by atoms with Crippen molar-refractivity contribution in [3.63, 3.8) is 0 Å². The monoisotopic (exact) mass is 438 g/mol. The van der Waals surface area contributed by atoms with Gasteiger partial charge >= 0.3 is 6.03 Å². The highest BCUT2D eigenvalue weighted by Gasteiger charge is 2.32. The van der Waals surface area contributed by atoms with Gasteiger partial charge in [-0.2, -0.15) is 0 Å². The number of methoxy groups -OCH3 is 1. The summed E-state index contributed by atoms with van der Waals surface area (Å²) in [5.74, 6) is -0.365. The van der Waals surface area contributed by atoms with Crippen LogP contribution < -0.4 is 10.6 Å². The van der Waals surface area contributed by atoms with E-state index in [1.807, 2.05) is 42.2 Å². The Hall–Kier alpha value is -3.07. The molecule has 1 fully saturated rings. The van der Waals surface area contributed by atoms with Crippen molar-refractivity contribution >= 4 is 22.5 Å². The molecule has 3 N–H and O–H groups in total. The molecule has 32 heavy (non-hydrogen) atoms. The van der Waals surface area contributed by atoms with Crippen LogP contribution in [-0.4, -0.2) is 66.5 Å². The lowest BCUT2D eigenvalue weighted by molar-refractivity contribution is 0.137. The Kier molecular flexibility index (Phi) is 6.64. The first-order valence-corrected chi connectivity index (χ1v) is 10.6. The van der Waals surface area contributed by atoms with E-state index >= 15 is 0 Å². The van der Waals surface area contributed by atoms with Gasteiger partial charge in [0.1, 0.15) is 5.82 Å². The molecule has 3 aromatic rings. The van der Waals surface area contributed by atoms with Crippen LogP contribution in [0.3, 0.4) is 0 Å². The van der Waals surface area contributed by atoms with Crippen LogP contribution in [0.25, 0.3) is 22.0 Å². The Bertz CT molecular complexity index is 1110. The number of β-amino-alcohol motifs (C(OH)–C–C–N with tert-alkyl or cyclic N) is 1. The number of aromatic nitrogens is 1. The maximum Gasteiger partial charge on any atom is 0.319 e. The van der Waals surface area contributed by atoms with Crippen LogP contribution in [0.15, 0.2) is 48.5 Å². The van der Waals surface area contributed by atoms with E-state index in [9.17, 15) is 14.3 Å². The number of amides is 2. The molecule has 1 aromatic heterocycles. The number of rotatable bonds is 6. The number of aliphatic hydroxyl groups excluding tert-OH is 1. The summed E-state index contributed by atoms with van der Waals surface area (Å²) in [6.07, 6.45) is -0.673. The summed E-state index contributed by atoms with van der Waals surface area (Å²) in [7, 11) is 1.63. The minimum atomic E-state index is -0.673. The average molecular weight is 439 g/mol. The summed E-state index contributed by atoms with van der Waals surface area (Å²) in [6, 6.07) is 13.1. The number of hydrogen-bond donors (Lipinski definition) is 3. The molecule has 4 rings (SSSR count). The van der Waals surface area contributed by atoms with E-state index in [1.54, 1.807) is 13.2 Å². The number of anilines is 1. The molecular formula is C24H27FN4O3. The molecule has 8 heteroatoms. The molecule has 7 nitrogen and oxygen atoms in total. The molecule has 2 atom stereocenters. The third-order valence-corrected chi connectivity index (χ3v) is 5.74. The number of carbonyl (C=O) groups is 1. The summed E-state index contributed by atoms with van der Waals surface area (Å²) in [4.78, 5) is 19.7. The molecule has 2 heterocycles. The number of aryl methyl sites for hydroxylation is 1. The fraction of sp³-hybridized carbons (Fsp3) is 0.333. The second-order valence-electron chi connectivity index (χ2n) is 8.00. The van der Waals surface area contributed by atoms with Crippen LogP contribution in [0.5, 0.6) is 0 Å². The molecule has 0 radical (unpaired) electrons. The first kappa shape index (κ1) is 22.1. The molecular weight excluding hydrogens is 411 g/mol. The predicted molar refractivity (Wildman–Crippen MR) is 122 cm³/mol. The van der Waals surface area contributed by atoms with Gasteiger partial charge in [-0.3, -0.25) is 9.88 Å². The minimum absolute atomic E-state index is 0.365. The topological polar surface area (TPSA) is 86.7 Å². The van der Waals surface area contributed by atoms with Crippen LogP contribution in [0.1, 0.15) is 5.69 Å². The van der Waals surface area contributed by atoms with Crippen LogP contribution in [-0.2, 0) is 4.74 Å². The molecule has 1 saturated heterocycles. The van der Waals surface area contributed by atoms with Crippen molar-refractivity contribution in [2.75, 3.05) is 38.7 Å². The number of nitrogens with one attached hydrogen (secondary N) is 2. The van der Waals surface area contributed by atoms with Gasteiger partial charge in [-0.05, 0) is 25.1 Å². The molecule has 2 amide bonds. The third-order valence-electron chi connectivity index (χ3n) is 5.74. The molecule has 0 saturated carbocycles. The number of hydrogen-bond acceptors (Lipinski definition) is 5. The van der Waals surface area contributed by atoms with Crippen molar-refractivity contribution < 1.29 is 19.0 Å². The summed E-state index contributed by atoms with van der Waals surface area (Å²) < 4.78 is 19.0. The number of ether oxygens (including phenoxy) is 1. The van der Waals surface area contributed by atoms with Crippen molar-refractivity contribution in [1.82, 2.24) is 15.2 Å². The largest absolute Gasteiger partial charge is 0.390 e.